The van der Waals surface area contributed by atoms with Crippen LogP contribution < -0.4 is 5.32 Å². The number of fused-ring (bicyclic) bond motifs is 1. The Morgan fingerprint density at radius 1 is 1.34 bits per heavy atom. The third-order valence-corrected chi connectivity index (χ3v) is 4.31. The lowest BCUT2D eigenvalue weighted by atomic mass is 10.1. The van der Waals surface area contributed by atoms with E-state index in [4.69, 9.17) is 14.9 Å². The van der Waals surface area contributed by atoms with E-state index in [-0.39, 0.29) is 25.4 Å². The molecule has 29 heavy (non-hydrogen) atoms. The predicted octanol–water partition coefficient (Wildman–Crippen LogP) is 1.56. The summed E-state index contributed by atoms with van der Waals surface area (Å²) in [5, 5.41) is 10.5. The number of Topliss-reactive ketones (excluding diaryl/α,β-unsaturated/α-hetero) is 1. The number of amides is 1. The minimum Gasteiger partial charge on any atom is -0.461 e. The molecule has 2 atom stereocenters. The predicted molar refractivity (Wildman–Crippen MR) is 107 cm³/mol. The fourth-order valence-corrected chi connectivity index (χ4v) is 2.85. The van der Waals surface area contributed by atoms with Crippen molar-refractivity contribution >= 4 is 34.9 Å². The number of aromatic nitrogens is 2. The van der Waals surface area contributed by atoms with E-state index in [1.807, 2.05) is 6.07 Å². The summed E-state index contributed by atoms with van der Waals surface area (Å²) in [7, 11) is 1.41. The number of aromatic amines is 1. The van der Waals surface area contributed by atoms with Crippen molar-refractivity contribution < 1.29 is 23.9 Å². The molecule has 3 N–H and O–H groups in total. The monoisotopic (exact) mass is 402 g/mol. The van der Waals surface area contributed by atoms with Gasteiger partial charge in [-0.25, -0.2) is 9.78 Å². The zero-order valence-corrected chi connectivity index (χ0v) is 16.7. The third-order valence-electron chi connectivity index (χ3n) is 4.31. The highest BCUT2D eigenvalue weighted by Crippen LogP contribution is 2.18. The summed E-state index contributed by atoms with van der Waals surface area (Å²) < 4.78 is 10.5. The molecule has 0 aromatic carbocycles. The van der Waals surface area contributed by atoms with Crippen molar-refractivity contribution in [1.82, 2.24) is 15.3 Å². The van der Waals surface area contributed by atoms with Crippen LogP contribution in [0.4, 0.5) is 0 Å². The number of nitrogens with one attached hydrogen (secondary N) is 3. The van der Waals surface area contributed by atoms with Gasteiger partial charge in [0.2, 0.25) is 5.91 Å². The average molecular weight is 402 g/mol. The Hall–Kier alpha value is -3.07. The molecule has 0 bridgehead atoms. The van der Waals surface area contributed by atoms with Gasteiger partial charge in [-0.15, -0.1) is 0 Å². The molecule has 156 valence electrons. The molecule has 2 heterocycles. The maximum Gasteiger partial charge on any atom is 0.328 e. The Bertz CT molecular complexity index is 877. The van der Waals surface area contributed by atoms with Gasteiger partial charge >= 0.3 is 5.97 Å². The maximum atomic E-state index is 12.8. The van der Waals surface area contributed by atoms with Gasteiger partial charge in [0.05, 0.1) is 12.3 Å². The lowest BCUT2D eigenvalue weighted by Gasteiger charge is -2.22. The number of carbonyl (C=O) groups is 3. The number of methoxy groups -OCH3 is 1. The molecule has 0 fully saturated rings. The highest BCUT2D eigenvalue weighted by Gasteiger charge is 2.28. The van der Waals surface area contributed by atoms with Crippen LogP contribution in [0.3, 0.4) is 0 Å². The molecular weight excluding hydrogens is 376 g/mol. The summed E-state index contributed by atoms with van der Waals surface area (Å²) in [6.45, 7) is 3.39. The van der Waals surface area contributed by atoms with Crippen molar-refractivity contribution in [2.24, 2.45) is 0 Å². The molecule has 2 aromatic rings. The van der Waals surface area contributed by atoms with Crippen LogP contribution in [0.25, 0.3) is 11.0 Å². The Balaban J connectivity index is 2.10. The molecule has 0 aliphatic rings. The number of rotatable bonds is 11. The Morgan fingerprint density at radius 3 is 2.76 bits per heavy atom. The topological polar surface area (TPSA) is 134 Å². The van der Waals surface area contributed by atoms with E-state index in [0.717, 1.165) is 10.9 Å². The summed E-state index contributed by atoms with van der Waals surface area (Å²) >= 11 is 0. The zero-order valence-electron chi connectivity index (χ0n) is 16.7. The fraction of sp³-hybridized carbons (Fsp3) is 0.450. The van der Waals surface area contributed by atoms with Gasteiger partial charge < -0.3 is 25.2 Å². The van der Waals surface area contributed by atoms with Crippen molar-refractivity contribution in [3.63, 3.8) is 0 Å². The number of ether oxygens (including phenoxy) is 2. The first-order valence-electron chi connectivity index (χ1n) is 9.33. The second-order valence-electron chi connectivity index (χ2n) is 6.84. The lowest BCUT2D eigenvalue weighted by molar-refractivity contribution is -0.152. The summed E-state index contributed by atoms with van der Waals surface area (Å²) in [5.74, 6) is -1.55. The van der Waals surface area contributed by atoms with Gasteiger partial charge in [-0.2, -0.15) is 0 Å². The van der Waals surface area contributed by atoms with E-state index in [0.29, 0.717) is 11.9 Å². The van der Waals surface area contributed by atoms with Crippen LogP contribution in [-0.4, -0.2) is 59.2 Å². The first kappa shape index (κ1) is 22.2. The van der Waals surface area contributed by atoms with Crippen LogP contribution in [-0.2, 0) is 30.3 Å². The normalized spacial score (nSPS) is 13.1. The second-order valence-corrected chi connectivity index (χ2v) is 6.84. The third kappa shape index (κ3) is 6.21. The average Bonchev–Trinajstić information content (AvgIpc) is 3.11. The molecular formula is C20H26N4O5. The molecule has 1 amide bonds. The van der Waals surface area contributed by atoms with E-state index >= 15 is 0 Å². The number of hydrogen-bond acceptors (Lipinski definition) is 7. The molecule has 2 rings (SSSR count). The van der Waals surface area contributed by atoms with E-state index in [1.165, 1.54) is 7.11 Å². The van der Waals surface area contributed by atoms with Gasteiger partial charge in [0, 0.05) is 37.7 Å². The molecule has 0 spiro atoms. The summed E-state index contributed by atoms with van der Waals surface area (Å²) in [6, 6.07) is 2.70. The minimum absolute atomic E-state index is 0.0406. The lowest BCUT2D eigenvalue weighted by Crippen LogP contribution is -2.48. The number of carbonyl (C=O) groups excluding carboxylic acids is 3. The van der Waals surface area contributed by atoms with Crippen molar-refractivity contribution in [3.8, 4) is 0 Å². The largest absolute Gasteiger partial charge is 0.461 e. The van der Waals surface area contributed by atoms with Crippen LogP contribution >= 0.6 is 0 Å². The van der Waals surface area contributed by atoms with Crippen molar-refractivity contribution in [3.05, 3.63) is 30.1 Å². The van der Waals surface area contributed by atoms with Crippen molar-refractivity contribution in [2.45, 2.75) is 51.4 Å². The van der Waals surface area contributed by atoms with Crippen LogP contribution in [0.2, 0.25) is 0 Å². The van der Waals surface area contributed by atoms with Gasteiger partial charge in [0.1, 0.15) is 17.8 Å². The van der Waals surface area contributed by atoms with Gasteiger partial charge in [0.25, 0.3) is 0 Å². The quantitative estimate of drug-likeness (QED) is 0.386. The van der Waals surface area contributed by atoms with Crippen molar-refractivity contribution in [2.75, 3.05) is 7.11 Å². The highest BCUT2D eigenvalue weighted by molar-refractivity contribution is 6.26. The van der Waals surface area contributed by atoms with E-state index in [1.54, 1.807) is 32.3 Å². The maximum absolute atomic E-state index is 12.8. The number of nitrogens with zero attached hydrogens (tertiary/aromatic N) is 1. The minimum atomic E-state index is -1.00. The Morgan fingerprint density at radius 2 is 2.10 bits per heavy atom. The van der Waals surface area contributed by atoms with Gasteiger partial charge in [-0.1, -0.05) is 0 Å². The molecule has 0 unspecified atom stereocenters. The Labute approximate surface area is 168 Å². The van der Waals surface area contributed by atoms with Crippen molar-refractivity contribution in [1.29, 1.82) is 5.41 Å². The first-order chi connectivity index (χ1) is 13.8. The number of pyridine rings is 1. The van der Waals surface area contributed by atoms with Crippen LogP contribution in [0.1, 0.15) is 32.3 Å². The van der Waals surface area contributed by atoms with Crippen LogP contribution in [0.5, 0.6) is 0 Å². The molecule has 0 radical (unpaired) electrons. The number of esters is 1. The van der Waals surface area contributed by atoms with Gasteiger partial charge in [-0.05, 0) is 38.0 Å². The number of H-pyrrole nitrogens is 1. The van der Waals surface area contributed by atoms with Crippen LogP contribution in [0.15, 0.2) is 24.5 Å². The number of hydrogen-bond donors (Lipinski definition) is 3. The molecule has 0 saturated heterocycles. The van der Waals surface area contributed by atoms with E-state index in [2.05, 4.69) is 15.3 Å². The standard InChI is InChI=1S/C20H26N4O5/c1-12(2)29-20(27)16(7-6-14(25)10-21)24-19(26)17(28-3)9-13-11-23-18-15(13)5-4-8-22-18/h4-5,8,10-12,16-17,21H,6-7,9H2,1-3H3,(H,22,23)(H,24,26)/t16-,17-/m0/s1. The zero-order chi connectivity index (χ0) is 21.4. The van der Waals surface area contributed by atoms with E-state index in [9.17, 15) is 14.4 Å². The summed E-state index contributed by atoms with van der Waals surface area (Å²) in [5.41, 5.74) is 1.57. The SMILES string of the molecule is CO[C@@H](Cc1c[nH]c2ncccc12)C(=O)N[C@@H](CCC(=O)C=N)C(=O)OC(C)C. The van der Waals surface area contributed by atoms with Gasteiger partial charge in [-0.3, -0.25) is 9.59 Å². The van der Waals surface area contributed by atoms with Gasteiger partial charge in [0.15, 0.2) is 5.78 Å². The molecule has 9 nitrogen and oxygen atoms in total. The Kier molecular flexibility index (Phi) is 8.02. The molecule has 0 aliphatic heterocycles. The first-order valence-corrected chi connectivity index (χ1v) is 9.33. The molecule has 0 aliphatic carbocycles. The molecule has 0 saturated carbocycles. The summed E-state index contributed by atoms with van der Waals surface area (Å²) in [6.07, 6.45) is 3.19. The second kappa shape index (κ2) is 10.5. The fourth-order valence-electron chi connectivity index (χ4n) is 2.85. The molecule has 9 heteroatoms. The smallest absolute Gasteiger partial charge is 0.328 e. The van der Waals surface area contributed by atoms with Crippen LogP contribution in [0, 0.1) is 5.41 Å². The number of ketones is 1. The highest BCUT2D eigenvalue weighted by atomic mass is 16.5. The van der Waals surface area contributed by atoms with E-state index < -0.39 is 29.8 Å². The summed E-state index contributed by atoms with van der Waals surface area (Å²) in [4.78, 5) is 43.8. The molecule has 2 aromatic heterocycles.